The fourth-order valence-electron chi connectivity index (χ4n) is 2.79. The van der Waals surface area contributed by atoms with Gasteiger partial charge in [-0.1, -0.05) is 0 Å². The van der Waals surface area contributed by atoms with Gasteiger partial charge in [0.25, 0.3) is 0 Å². The molecule has 1 aromatic rings. The summed E-state index contributed by atoms with van der Waals surface area (Å²) >= 11 is 0. The van der Waals surface area contributed by atoms with Crippen molar-refractivity contribution in [3.05, 3.63) is 23.2 Å². The SMILES string of the molecule is CCOC(=O)[C@H]1CCCN(Cc2cc(C)c(C(=O)OC)o2)C1. The van der Waals surface area contributed by atoms with E-state index in [0.717, 1.165) is 24.9 Å². The number of hydrogen-bond acceptors (Lipinski definition) is 6. The predicted octanol–water partition coefficient (Wildman–Crippen LogP) is 2.15. The smallest absolute Gasteiger partial charge is 0.374 e. The van der Waals surface area contributed by atoms with Crippen LogP contribution >= 0.6 is 0 Å². The summed E-state index contributed by atoms with van der Waals surface area (Å²) in [6, 6.07) is 1.85. The van der Waals surface area contributed by atoms with Gasteiger partial charge in [0, 0.05) is 12.1 Å². The molecule has 2 heterocycles. The van der Waals surface area contributed by atoms with Crippen molar-refractivity contribution in [2.24, 2.45) is 5.92 Å². The molecule has 0 aliphatic carbocycles. The molecule has 1 aliphatic heterocycles. The number of nitrogens with zero attached hydrogens (tertiary/aromatic N) is 1. The van der Waals surface area contributed by atoms with Crippen LogP contribution in [0, 0.1) is 12.8 Å². The van der Waals surface area contributed by atoms with Crippen LogP contribution in [0.15, 0.2) is 10.5 Å². The van der Waals surface area contributed by atoms with Gasteiger partial charge in [-0.2, -0.15) is 0 Å². The van der Waals surface area contributed by atoms with Gasteiger partial charge in [0.1, 0.15) is 5.76 Å². The first-order chi connectivity index (χ1) is 10.5. The van der Waals surface area contributed by atoms with E-state index in [0.29, 0.717) is 25.5 Å². The third-order valence-electron chi connectivity index (χ3n) is 3.84. The molecule has 0 amide bonds. The number of rotatable bonds is 5. The largest absolute Gasteiger partial charge is 0.466 e. The fraction of sp³-hybridized carbons (Fsp3) is 0.625. The Hall–Kier alpha value is -1.82. The van der Waals surface area contributed by atoms with Crippen molar-refractivity contribution >= 4 is 11.9 Å². The van der Waals surface area contributed by atoms with E-state index >= 15 is 0 Å². The molecule has 2 rings (SSSR count). The van der Waals surface area contributed by atoms with Crippen LogP contribution in [0.5, 0.6) is 0 Å². The van der Waals surface area contributed by atoms with Gasteiger partial charge in [-0.15, -0.1) is 0 Å². The van der Waals surface area contributed by atoms with E-state index in [2.05, 4.69) is 9.64 Å². The zero-order valence-electron chi connectivity index (χ0n) is 13.4. The van der Waals surface area contributed by atoms with Crippen molar-refractivity contribution in [1.82, 2.24) is 4.90 Å². The number of ether oxygens (including phenoxy) is 2. The number of esters is 2. The molecule has 0 saturated carbocycles. The summed E-state index contributed by atoms with van der Waals surface area (Å²) in [4.78, 5) is 25.6. The number of aryl methyl sites for hydroxylation is 1. The first-order valence-corrected chi connectivity index (χ1v) is 7.61. The summed E-state index contributed by atoms with van der Waals surface area (Å²) in [5.41, 5.74) is 0.765. The Labute approximate surface area is 130 Å². The van der Waals surface area contributed by atoms with Crippen LogP contribution in [-0.4, -0.2) is 43.6 Å². The number of hydrogen-bond donors (Lipinski definition) is 0. The molecule has 0 aromatic carbocycles. The molecule has 0 N–H and O–H groups in total. The summed E-state index contributed by atoms with van der Waals surface area (Å²) < 4.78 is 15.4. The average molecular weight is 309 g/mol. The van der Waals surface area contributed by atoms with Gasteiger partial charge in [0.15, 0.2) is 0 Å². The van der Waals surface area contributed by atoms with E-state index in [1.54, 1.807) is 0 Å². The minimum Gasteiger partial charge on any atom is -0.466 e. The maximum atomic E-state index is 11.8. The predicted molar refractivity (Wildman–Crippen MR) is 79.4 cm³/mol. The molecule has 6 nitrogen and oxygen atoms in total. The molecule has 22 heavy (non-hydrogen) atoms. The molecule has 1 aliphatic rings. The highest BCUT2D eigenvalue weighted by Gasteiger charge is 2.27. The van der Waals surface area contributed by atoms with Gasteiger partial charge < -0.3 is 13.9 Å². The Kier molecular flexibility index (Phi) is 5.60. The monoisotopic (exact) mass is 309 g/mol. The van der Waals surface area contributed by atoms with Crippen molar-refractivity contribution in [3.8, 4) is 0 Å². The van der Waals surface area contributed by atoms with Crippen molar-refractivity contribution in [3.63, 3.8) is 0 Å². The number of piperidine rings is 1. The quantitative estimate of drug-likeness (QED) is 0.776. The number of methoxy groups -OCH3 is 1. The van der Waals surface area contributed by atoms with E-state index < -0.39 is 5.97 Å². The molecule has 6 heteroatoms. The van der Waals surface area contributed by atoms with Crippen LogP contribution in [-0.2, 0) is 20.8 Å². The van der Waals surface area contributed by atoms with Crippen LogP contribution in [0.1, 0.15) is 41.6 Å². The highest BCUT2D eigenvalue weighted by atomic mass is 16.5. The average Bonchev–Trinajstić information content (AvgIpc) is 2.87. The van der Waals surface area contributed by atoms with Crippen molar-refractivity contribution in [2.45, 2.75) is 33.2 Å². The van der Waals surface area contributed by atoms with Gasteiger partial charge in [0.05, 0.1) is 26.2 Å². The lowest BCUT2D eigenvalue weighted by Crippen LogP contribution is -2.38. The van der Waals surface area contributed by atoms with Crippen LogP contribution in [0.3, 0.4) is 0 Å². The van der Waals surface area contributed by atoms with Crippen LogP contribution in [0.4, 0.5) is 0 Å². The highest BCUT2D eigenvalue weighted by Crippen LogP contribution is 2.22. The number of carbonyl (C=O) groups is 2. The molecule has 0 spiro atoms. The minimum atomic E-state index is -0.466. The van der Waals surface area contributed by atoms with Crippen LogP contribution in [0.2, 0.25) is 0 Å². The van der Waals surface area contributed by atoms with Gasteiger partial charge >= 0.3 is 11.9 Å². The van der Waals surface area contributed by atoms with Gasteiger partial charge in [-0.3, -0.25) is 9.69 Å². The Bertz CT molecular complexity index is 537. The molecular formula is C16H23NO5. The second kappa shape index (κ2) is 7.45. The van der Waals surface area contributed by atoms with E-state index in [-0.39, 0.29) is 17.6 Å². The molecule has 1 aromatic heterocycles. The maximum absolute atomic E-state index is 11.8. The zero-order chi connectivity index (χ0) is 16.1. The third-order valence-corrected chi connectivity index (χ3v) is 3.84. The topological polar surface area (TPSA) is 69.0 Å². The molecule has 0 bridgehead atoms. The first kappa shape index (κ1) is 16.5. The van der Waals surface area contributed by atoms with Gasteiger partial charge in [0.2, 0.25) is 5.76 Å². The molecule has 1 atom stereocenters. The number of furan rings is 1. The molecule has 1 saturated heterocycles. The zero-order valence-corrected chi connectivity index (χ0v) is 13.4. The summed E-state index contributed by atoms with van der Waals surface area (Å²) in [7, 11) is 1.33. The third kappa shape index (κ3) is 3.88. The highest BCUT2D eigenvalue weighted by molar-refractivity contribution is 5.87. The van der Waals surface area contributed by atoms with Gasteiger partial charge in [-0.25, -0.2) is 4.79 Å². The lowest BCUT2D eigenvalue weighted by Gasteiger charge is -2.30. The van der Waals surface area contributed by atoms with Crippen molar-refractivity contribution in [1.29, 1.82) is 0 Å². The van der Waals surface area contributed by atoms with Crippen LogP contribution < -0.4 is 0 Å². The first-order valence-electron chi connectivity index (χ1n) is 7.61. The lowest BCUT2D eigenvalue weighted by atomic mass is 9.98. The molecular weight excluding hydrogens is 286 g/mol. The molecule has 0 radical (unpaired) electrons. The van der Waals surface area contributed by atoms with E-state index in [9.17, 15) is 9.59 Å². The van der Waals surface area contributed by atoms with E-state index in [1.165, 1.54) is 7.11 Å². The Morgan fingerprint density at radius 2 is 2.23 bits per heavy atom. The number of likely N-dealkylation sites (tertiary alicyclic amines) is 1. The second-order valence-electron chi connectivity index (χ2n) is 5.54. The fourth-order valence-corrected chi connectivity index (χ4v) is 2.79. The van der Waals surface area contributed by atoms with E-state index in [4.69, 9.17) is 9.15 Å². The van der Waals surface area contributed by atoms with Crippen molar-refractivity contribution < 1.29 is 23.5 Å². The molecule has 0 unspecified atom stereocenters. The van der Waals surface area contributed by atoms with Gasteiger partial charge in [-0.05, 0) is 39.3 Å². The summed E-state index contributed by atoms with van der Waals surface area (Å²) in [5, 5.41) is 0. The number of carbonyl (C=O) groups excluding carboxylic acids is 2. The van der Waals surface area contributed by atoms with Crippen molar-refractivity contribution in [2.75, 3.05) is 26.8 Å². The van der Waals surface area contributed by atoms with E-state index in [1.807, 2.05) is 19.9 Å². The standard InChI is InChI=1S/C16H23NO5/c1-4-21-15(18)12-6-5-7-17(9-12)10-13-8-11(2)14(22-13)16(19)20-3/h8,12H,4-7,9-10H2,1-3H3/t12-/m0/s1. The molecule has 122 valence electrons. The Morgan fingerprint density at radius 1 is 1.45 bits per heavy atom. The normalized spacial score (nSPS) is 19.0. The summed E-state index contributed by atoms with van der Waals surface area (Å²) in [5.74, 6) is 0.286. The van der Waals surface area contributed by atoms with Crippen LogP contribution in [0.25, 0.3) is 0 Å². The maximum Gasteiger partial charge on any atom is 0.374 e. The second-order valence-corrected chi connectivity index (χ2v) is 5.54. The summed E-state index contributed by atoms with van der Waals surface area (Å²) in [6.45, 7) is 6.19. The Morgan fingerprint density at radius 3 is 2.91 bits per heavy atom. The summed E-state index contributed by atoms with van der Waals surface area (Å²) in [6.07, 6.45) is 1.81. The Balaban J connectivity index is 1.98. The molecule has 1 fully saturated rings. The lowest BCUT2D eigenvalue weighted by molar-refractivity contribution is -0.150. The minimum absolute atomic E-state index is 0.0789.